The van der Waals surface area contributed by atoms with Gasteiger partial charge in [0.15, 0.2) is 5.54 Å². The lowest BCUT2D eigenvalue weighted by atomic mass is 9.91. The van der Waals surface area contributed by atoms with Gasteiger partial charge in [-0.3, -0.25) is 4.79 Å². The van der Waals surface area contributed by atoms with Crippen LogP contribution in [0.3, 0.4) is 0 Å². The van der Waals surface area contributed by atoms with E-state index in [0.717, 1.165) is 6.42 Å². The number of rotatable bonds is 6. The molecule has 2 N–H and O–H groups in total. The van der Waals surface area contributed by atoms with Crippen molar-refractivity contribution in [2.75, 3.05) is 0 Å². The highest BCUT2D eigenvalue weighted by Gasteiger charge is 2.36. The summed E-state index contributed by atoms with van der Waals surface area (Å²) >= 11 is 0. The van der Waals surface area contributed by atoms with E-state index in [2.05, 4.69) is 5.32 Å². The average Bonchev–Trinajstić information content (AvgIpc) is 2.39. The summed E-state index contributed by atoms with van der Waals surface area (Å²) in [7, 11) is 0. The first kappa shape index (κ1) is 15.2. The zero-order valence-corrected chi connectivity index (χ0v) is 11.6. The number of benzene rings is 1. The van der Waals surface area contributed by atoms with Crippen molar-refractivity contribution < 1.29 is 14.7 Å². The summed E-state index contributed by atoms with van der Waals surface area (Å²) in [6, 6.07) is 8.75. The van der Waals surface area contributed by atoms with Gasteiger partial charge in [0.25, 0.3) is 0 Å². The van der Waals surface area contributed by atoms with Crippen LogP contribution in [0.15, 0.2) is 30.3 Å². The second kappa shape index (κ2) is 6.36. The number of hydrogen-bond donors (Lipinski definition) is 2. The van der Waals surface area contributed by atoms with Gasteiger partial charge in [0.2, 0.25) is 5.91 Å². The second-order valence-corrected chi connectivity index (χ2v) is 5.06. The minimum absolute atomic E-state index is 0.233. The average molecular weight is 263 g/mol. The Hall–Kier alpha value is -1.84. The molecule has 0 bridgehead atoms. The van der Waals surface area contributed by atoms with E-state index in [0.29, 0.717) is 12.0 Å². The summed E-state index contributed by atoms with van der Waals surface area (Å²) in [5.41, 5.74) is -0.814. The monoisotopic (exact) mass is 263 g/mol. The number of aliphatic carboxylic acids is 1. The van der Waals surface area contributed by atoms with Crippen molar-refractivity contribution in [1.82, 2.24) is 5.32 Å². The number of carbonyl (C=O) groups excluding carboxylic acids is 1. The maximum absolute atomic E-state index is 11.9. The molecule has 2 atom stereocenters. The Kier molecular flexibility index (Phi) is 5.10. The lowest BCUT2D eigenvalue weighted by Gasteiger charge is -2.27. The van der Waals surface area contributed by atoms with Gasteiger partial charge in [-0.1, -0.05) is 50.6 Å². The lowest BCUT2D eigenvalue weighted by Crippen LogP contribution is -2.49. The Morgan fingerprint density at radius 3 is 2.37 bits per heavy atom. The number of carboxylic acids is 1. The van der Waals surface area contributed by atoms with E-state index in [1.165, 1.54) is 6.92 Å². The van der Waals surface area contributed by atoms with E-state index < -0.39 is 11.5 Å². The first-order valence-electron chi connectivity index (χ1n) is 6.50. The van der Waals surface area contributed by atoms with Crippen molar-refractivity contribution in [3.8, 4) is 0 Å². The molecule has 0 aliphatic carbocycles. The Morgan fingerprint density at radius 2 is 1.89 bits per heavy atom. The predicted molar refractivity (Wildman–Crippen MR) is 73.6 cm³/mol. The number of carboxylic acid groups (broad SMARTS) is 1. The normalized spacial score (nSPS) is 15.3. The van der Waals surface area contributed by atoms with Crippen molar-refractivity contribution >= 4 is 11.9 Å². The van der Waals surface area contributed by atoms with Crippen molar-refractivity contribution in [2.45, 2.75) is 39.2 Å². The fourth-order valence-electron chi connectivity index (χ4n) is 1.81. The van der Waals surface area contributed by atoms with Gasteiger partial charge < -0.3 is 10.4 Å². The molecule has 0 aliphatic rings. The molecule has 19 heavy (non-hydrogen) atoms. The molecule has 0 heterocycles. The smallest absolute Gasteiger partial charge is 0.333 e. The summed E-state index contributed by atoms with van der Waals surface area (Å²) in [6.45, 7) is 5.49. The predicted octanol–water partition coefficient (Wildman–Crippen LogP) is 2.54. The Morgan fingerprint density at radius 1 is 1.32 bits per heavy atom. The molecule has 0 saturated carbocycles. The van der Waals surface area contributed by atoms with Gasteiger partial charge in [-0.25, -0.2) is 4.79 Å². The third kappa shape index (κ3) is 3.81. The Balaban J connectivity index is 2.90. The summed E-state index contributed by atoms with van der Waals surface area (Å²) in [6.07, 6.45) is 1.23. The molecule has 4 nitrogen and oxygen atoms in total. The fourth-order valence-corrected chi connectivity index (χ4v) is 1.81. The largest absolute Gasteiger partial charge is 0.479 e. The van der Waals surface area contributed by atoms with Gasteiger partial charge in [-0.2, -0.15) is 0 Å². The van der Waals surface area contributed by atoms with E-state index in [4.69, 9.17) is 0 Å². The van der Waals surface area contributed by atoms with Crippen molar-refractivity contribution in [2.24, 2.45) is 5.92 Å². The standard InChI is InChI=1S/C15H21NO3/c1-4-11(2)10-13(17)16-15(3,14(18)19)12-8-6-5-7-9-12/h5-9,11H,4,10H2,1-3H3,(H,16,17)(H,18,19). The van der Waals surface area contributed by atoms with E-state index >= 15 is 0 Å². The molecule has 104 valence electrons. The van der Waals surface area contributed by atoms with E-state index in [1.54, 1.807) is 24.3 Å². The molecule has 2 unspecified atom stereocenters. The van der Waals surface area contributed by atoms with Gasteiger partial charge in [0.05, 0.1) is 0 Å². The van der Waals surface area contributed by atoms with Gasteiger partial charge >= 0.3 is 5.97 Å². The molecule has 0 fully saturated rings. The zero-order valence-electron chi connectivity index (χ0n) is 11.6. The van der Waals surface area contributed by atoms with Crippen molar-refractivity contribution in [1.29, 1.82) is 0 Å². The summed E-state index contributed by atoms with van der Waals surface area (Å²) in [5, 5.41) is 12.0. The lowest BCUT2D eigenvalue weighted by molar-refractivity contribution is -0.147. The van der Waals surface area contributed by atoms with Gasteiger partial charge in [0, 0.05) is 6.42 Å². The topological polar surface area (TPSA) is 66.4 Å². The molecule has 1 rings (SSSR count). The SMILES string of the molecule is CCC(C)CC(=O)NC(C)(C(=O)O)c1ccccc1. The summed E-state index contributed by atoms with van der Waals surface area (Å²) in [4.78, 5) is 23.4. The van der Waals surface area contributed by atoms with E-state index in [1.807, 2.05) is 19.9 Å². The number of amides is 1. The van der Waals surface area contributed by atoms with Crippen LogP contribution >= 0.6 is 0 Å². The summed E-state index contributed by atoms with van der Waals surface area (Å²) < 4.78 is 0. The van der Waals surface area contributed by atoms with E-state index in [-0.39, 0.29) is 11.8 Å². The third-order valence-corrected chi connectivity index (χ3v) is 3.40. The molecule has 1 amide bonds. The molecular formula is C15H21NO3. The highest BCUT2D eigenvalue weighted by atomic mass is 16.4. The first-order chi connectivity index (χ1) is 8.90. The summed E-state index contributed by atoms with van der Waals surface area (Å²) in [5.74, 6) is -1.05. The molecule has 1 aromatic carbocycles. The van der Waals surface area contributed by atoms with Crippen LogP contribution in [0.1, 0.15) is 39.2 Å². The van der Waals surface area contributed by atoms with Crippen molar-refractivity contribution in [3.63, 3.8) is 0 Å². The van der Waals surface area contributed by atoms with Crippen LogP contribution in [-0.4, -0.2) is 17.0 Å². The van der Waals surface area contributed by atoms with Gasteiger partial charge in [-0.15, -0.1) is 0 Å². The van der Waals surface area contributed by atoms with Crippen LogP contribution in [-0.2, 0) is 15.1 Å². The first-order valence-corrected chi connectivity index (χ1v) is 6.50. The molecule has 0 aromatic heterocycles. The quantitative estimate of drug-likeness (QED) is 0.828. The van der Waals surface area contributed by atoms with Crippen LogP contribution in [0.5, 0.6) is 0 Å². The molecule has 0 radical (unpaired) electrons. The molecular weight excluding hydrogens is 242 g/mol. The van der Waals surface area contributed by atoms with Crippen LogP contribution < -0.4 is 5.32 Å². The highest BCUT2D eigenvalue weighted by molar-refractivity contribution is 5.87. The maximum atomic E-state index is 11.9. The Labute approximate surface area is 113 Å². The van der Waals surface area contributed by atoms with Crippen LogP contribution in [0, 0.1) is 5.92 Å². The maximum Gasteiger partial charge on any atom is 0.333 e. The second-order valence-electron chi connectivity index (χ2n) is 5.06. The fraction of sp³-hybridized carbons (Fsp3) is 0.467. The third-order valence-electron chi connectivity index (χ3n) is 3.40. The molecule has 0 saturated heterocycles. The van der Waals surface area contributed by atoms with Crippen LogP contribution in [0.2, 0.25) is 0 Å². The van der Waals surface area contributed by atoms with Crippen LogP contribution in [0.4, 0.5) is 0 Å². The number of hydrogen-bond acceptors (Lipinski definition) is 2. The minimum Gasteiger partial charge on any atom is -0.479 e. The number of carbonyl (C=O) groups is 2. The minimum atomic E-state index is -1.38. The van der Waals surface area contributed by atoms with Gasteiger partial charge in [0.1, 0.15) is 0 Å². The van der Waals surface area contributed by atoms with Gasteiger partial charge in [-0.05, 0) is 18.4 Å². The van der Waals surface area contributed by atoms with Crippen LogP contribution in [0.25, 0.3) is 0 Å². The Bertz CT molecular complexity index is 444. The van der Waals surface area contributed by atoms with Crippen molar-refractivity contribution in [3.05, 3.63) is 35.9 Å². The number of nitrogens with one attached hydrogen (secondary N) is 1. The molecule has 4 heteroatoms. The highest BCUT2D eigenvalue weighted by Crippen LogP contribution is 2.21. The molecule has 0 aliphatic heterocycles. The van der Waals surface area contributed by atoms with E-state index in [9.17, 15) is 14.7 Å². The molecule has 1 aromatic rings. The zero-order chi connectivity index (χ0) is 14.5. The molecule has 0 spiro atoms.